The first-order chi connectivity index (χ1) is 24.7. The lowest BCUT2D eigenvalue weighted by Gasteiger charge is -2.41. The number of carbonyl (C=O) groups excluding carboxylic acids is 2. The summed E-state index contributed by atoms with van der Waals surface area (Å²) in [6.07, 6.45) is 4.79. The van der Waals surface area contributed by atoms with E-state index in [1.54, 1.807) is 27.0 Å². The van der Waals surface area contributed by atoms with Gasteiger partial charge in [0.05, 0.1) is 28.9 Å². The maximum atomic E-state index is 15.2. The summed E-state index contributed by atoms with van der Waals surface area (Å²) in [5.41, 5.74) is 4.90. The van der Waals surface area contributed by atoms with Crippen molar-refractivity contribution in [1.29, 1.82) is 0 Å². The zero-order valence-electron chi connectivity index (χ0n) is 31.9. The summed E-state index contributed by atoms with van der Waals surface area (Å²) >= 11 is 1.04. The number of amides is 2. The lowest BCUT2D eigenvalue weighted by molar-refractivity contribution is -0.146. The van der Waals surface area contributed by atoms with Crippen molar-refractivity contribution in [2.24, 2.45) is 5.41 Å². The number of methoxy groups -OCH3 is 1. The number of fused-ring (bicyclic) bond motifs is 5. The number of nitrogens with one attached hydrogen (secondary N) is 2. The van der Waals surface area contributed by atoms with Gasteiger partial charge in [0.2, 0.25) is 5.91 Å². The van der Waals surface area contributed by atoms with Crippen molar-refractivity contribution in [1.82, 2.24) is 24.5 Å². The molecule has 1 fully saturated rings. The van der Waals surface area contributed by atoms with Crippen LogP contribution >= 0.6 is 11.3 Å². The first kappa shape index (κ1) is 38.0. The molecule has 1 saturated heterocycles. The van der Waals surface area contributed by atoms with Crippen molar-refractivity contribution in [2.75, 3.05) is 20.7 Å². The molecule has 10 nitrogen and oxygen atoms in total. The van der Waals surface area contributed by atoms with E-state index in [0.717, 1.165) is 83.5 Å². The van der Waals surface area contributed by atoms with Crippen molar-refractivity contribution in [2.45, 2.75) is 115 Å². The molecule has 4 aromatic rings. The molecule has 52 heavy (non-hydrogen) atoms. The van der Waals surface area contributed by atoms with Gasteiger partial charge in [-0.2, -0.15) is 0 Å². The van der Waals surface area contributed by atoms with Crippen molar-refractivity contribution < 1.29 is 22.7 Å². The highest BCUT2D eigenvalue weighted by Gasteiger charge is 2.50. The first-order valence-electron chi connectivity index (χ1n) is 18.5. The number of rotatable bonds is 11. The minimum Gasteiger partial charge on any atom is -0.497 e. The smallest absolute Gasteiger partial charge is 0.275 e. The number of nitrogens with zero attached hydrogens (tertiary/aromatic N) is 3. The second kappa shape index (κ2) is 14.6. The minimum atomic E-state index is -4.14. The maximum absolute atomic E-state index is 15.2. The molecular formula is C40H53N5O5S2. The van der Waals surface area contributed by atoms with E-state index in [1.165, 1.54) is 5.56 Å². The summed E-state index contributed by atoms with van der Waals surface area (Å²) in [6.45, 7) is 15.3. The SMILES string of the molecule is CCCC(CC)c1c2n(c3cc(C(=O)NS(=O)(=O)c4sc(C)nc4C)ccc13)CC(C)(C(=O)N1C(CNC)CC[C@H]1C)C(C)c1cc(OC)ccc1-2. The highest BCUT2D eigenvalue weighted by atomic mass is 32.2. The monoisotopic (exact) mass is 747 g/mol. The van der Waals surface area contributed by atoms with Crippen LogP contribution in [0.4, 0.5) is 0 Å². The molecule has 2 aromatic heterocycles. The number of hydrogen-bond donors (Lipinski definition) is 2. The normalized spacial score (nSPS) is 22.2. The zero-order valence-corrected chi connectivity index (χ0v) is 33.6. The maximum Gasteiger partial charge on any atom is 0.275 e. The van der Waals surface area contributed by atoms with Crippen LogP contribution in [-0.2, 0) is 21.4 Å². The minimum absolute atomic E-state index is 0.0339. The Balaban J connectivity index is 1.59. The lowest BCUT2D eigenvalue weighted by atomic mass is 9.72. The molecule has 0 saturated carbocycles. The fraction of sp³-hybridized carbons (Fsp3) is 0.525. The number of hydrogen-bond acceptors (Lipinski definition) is 8. The molecule has 2 aliphatic rings. The summed E-state index contributed by atoms with van der Waals surface area (Å²) < 4.78 is 37.1. The Labute approximate surface area is 312 Å². The van der Waals surface area contributed by atoms with Gasteiger partial charge in [-0.3, -0.25) is 9.59 Å². The largest absolute Gasteiger partial charge is 0.497 e. The van der Waals surface area contributed by atoms with Gasteiger partial charge in [0, 0.05) is 47.2 Å². The summed E-state index contributed by atoms with van der Waals surface area (Å²) in [5.74, 6) is 0.194. The molecule has 2 amide bonds. The molecule has 0 radical (unpaired) electrons. The van der Waals surface area contributed by atoms with Gasteiger partial charge in [0.1, 0.15) is 5.75 Å². The first-order valence-corrected chi connectivity index (χ1v) is 20.8. The predicted molar refractivity (Wildman–Crippen MR) is 208 cm³/mol. The number of aromatic nitrogens is 2. The molecular weight excluding hydrogens is 695 g/mol. The van der Waals surface area contributed by atoms with Crippen LogP contribution in [0.2, 0.25) is 0 Å². The third-order valence-corrected chi connectivity index (χ3v) is 14.6. The Morgan fingerprint density at radius 2 is 1.87 bits per heavy atom. The average molecular weight is 748 g/mol. The third kappa shape index (κ3) is 6.44. The molecule has 280 valence electrons. The van der Waals surface area contributed by atoms with Gasteiger partial charge in [0.25, 0.3) is 15.9 Å². The van der Waals surface area contributed by atoms with Gasteiger partial charge >= 0.3 is 0 Å². The fourth-order valence-electron chi connectivity index (χ4n) is 8.75. The predicted octanol–water partition coefficient (Wildman–Crippen LogP) is 7.52. The highest BCUT2D eigenvalue weighted by molar-refractivity contribution is 7.92. The molecule has 5 atom stereocenters. The van der Waals surface area contributed by atoms with E-state index in [0.29, 0.717) is 17.2 Å². The Morgan fingerprint density at radius 3 is 2.50 bits per heavy atom. The quantitative estimate of drug-likeness (QED) is 0.163. The summed E-state index contributed by atoms with van der Waals surface area (Å²) in [5, 5.41) is 4.93. The molecule has 2 aliphatic heterocycles. The van der Waals surface area contributed by atoms with Gasteiger partial charge < -0.3 is 19.5 Å². The fourth-order valence-corrected chi connectivity index (χ4v) is 11.2. The molecule has 0 spiro atoms. The van der Waals surface area contributed by atoms with Crippen LogP contribution in [0.15, 0.2) is 40.6 Å². The van der Waals surface area contributed by atoms with Gasteiger partial charge in [-0.15, -0.1) is 11.3 Å². The zero-order chi connectivity index (χ0) is 37.7. The van der Waals surface area contributed by atoms with Crippen LogP contribution in [0.3, 0.4) is 0 Å². The van der Waals surface area contributed by atoms with Crippen molar-refractivity contribution in [3.63, 3.8) is 0 Å². The van der Waals surface area contributed by atoms with Gasteiger partial charge in [-0.05, 0) is 114 Å². The van der Waals surface area contributed by atoms with Crippen LogP contribution < -0.4 is 14.8 Å². The number of carbonyl (C=O) groups is 2. The number of likely N-dealkylation sites (N-methyl/N-ethyl adjacent to an activating group) is 1. The van der Waals surface area contributed by atoms with Crippen molar-refractivity contribution in [3.8, 4) is 17.0 Å². The van der Waals surface area contributed by atoms with E-state index in [4.69, 9.17) is 4.74 Å². The van der Waals surface area contributed by atoms with Crippen molar-refractivity contribution in [3.05, 3.63) is 63.8 Å². The Kier molecular flexibility index (Phi) is 10.7. The van der Waals surface area contributed by atoms with E-state index in [2.05, 4.69) is 71.2 Å². The average Bonchev–Trinajstić information content (AvgIpc) is 3.75. The molecule has 12 heteroatoms. The van der Waals surface area contributed by atoms with E-state index in [1.807, 2.05) is 25.2 Å². The summed E-state index contributed by atoms with van der Waals surface area (Å²) in [4.78, 5) is 35.4. The molecule has 2 aromatic carbocycles. The highest BCUT2D eigenvalue weighted by Crippen LogP contribution is 2.52. The van der Waals surface area contributed by atoms with Gasteiger partial charge in [0.15, 0.2) is 4.21 Å². The second-order valence-electron chi connectivity index (χ2n) is 15.0. The van der Waals surface area contributed by atoms with E-state index >= 15 is 4.79 Å². The number of sulfonamides is 1. The standard InChI is InChI=1S/C40H53N5O5S2/c1-10-12-27(11-2)35-32-17-14-28(37(46)43-52(48,49)38-25(5)42-26(6)51-38)19-34(32)44-22-40(7,39(47)45-23(3)13-15-29(45)21-41-8)24(4)33-20-30(50-9)16-18-31(33)36(35)44/h14,16-20,23-24,27,29,41H,10-13,15,21-22H2,1-9H3,(H,43,46)/t23-,24?,27?,29?,40?/m1/s1. The van der Waals surface area contributed by atoms with Gasteiger partial charge in [-0.25, -0.2) is 18.1 Å². The van der Waals surface area contributed by atoms with Crippen LogP contribution in [0, 0.1) is 19.3 Å². The molecule has 2 N–H and O–H groups in total. The van der Waals surface area contributed by atoms with Crippen LogP contribution in [-0.4, -0.2) is 67.5 Å². The Morgan fingerprint density at radius 1 is 1.12 bits per heavy atom. The Bertz CT molecular complexity index is 2120. The molecule has 0 bridgehead atoms. The molecule has 4 heterocycles. The second-order valence-corrected chi connectivity index (χ2v) is 18.0. The van der Waals surface area contributed by atoms with Crippen LogP contribution in [0.1, 0.15) is 111 Å². The topological polar surface area (TPSA) is 123 Å². The van der Waals surface area contributed by atoms with Gasteiger partial charge in [-0.1, -0.05) is 33.3 Å². The van der Waals surface area contributed by atoms with E-state index in [-0.39, 0.29) is 39.6 Å². The van der Waals surface area contributed by atoms with Crippen LogP contribution in [0.25, 0.3) is 22.2 Å². The number of thiazole rings is 1. The number of likely N-dealkylation sites (tertiary alicyclic amines) is 1. The number of ether oxygens (including phenoxy) is 1. The van der Waals surface area contributed by atoms with E-state index < -0.39 is 21.3 Å². The molecule has 6 rings (SSSR count). The third-order valence-electron chi connectivity index (χ3n) is 11.6. The lowest BCUT2D eigenvalue weighted by Crippen LogP contribution is -2.52. The van der Waals surface area contributed by atoms with Crippen molar-refractivity contribution >= 4 is 44.1 Å². The molecule has 0 aliphatic carbocycles. The Hall–Kier alpha value is -3.74. The summed E-state index contributed by atoms with van der Waals surface area (Å²) in [6, 6.07) is 11.9. The molecule has 4 unspecified atom stereocenters. The van der Waals surface area contributed by atoms with Crippen LogP contribution in [0.5, 0.6) is 5.75 Å². The number of aryl methyl sites for hydroxylation is 2. The summed E-state index contributed by atoms with van der Waals surface area (Å²) in [7, 11) is -0.537. The van der Waals surface area contributed by atoms with E-state index in [9.17, 15) is 13.2 Å². The number of benzene rings is 2.